The van der Waals surface area contributed by atoms with Gasteiger partial charge in [-0.25, -0.2) is 9.18 Å². The van der Waals surface area contributed by atoms with Crippen LogP contribution < -0.4 is 10.6 Å². The van der Waals surface area contributed by atoms with Crippen molar-refractivity contribution in [3.05, 3.63) is 0 Å². The van der Waals surface area contributed by atoms with Crippen LogP contribution in [0, 0.1) is 11.8 Å². The van der Waals surface area contributed by atoms with Gasteiger partial charge in [-0.1, -0.05) is 6.92 Å². The molecule has 2 saturated carbocycles. The molecule has 5 fully saturated rings. The molecule has 2 N–H and O–H groups in total. The summed E-state index contributed by atoms with van der Waals surface area (Å²) in [6, 6.07) is 1.01. The van der Waals surface area contributed by atoms with E-state index in [1.807, 2.05) is 16.8 Å². The lowest BCUT2D eigenvalue weighted by molar-refractivity contribution is -0.124. The van der Waals surface area contributed by atoms with Gasteiger partial charge < -0.3 is 20.4 Å². The van der Waals surface area contributed by atoms with Gasteiger partial charge in [0.05, 0.1) is 12.1 Å². The Morgan fingerprint density at radius 3 is 2.74 bits per heavy atom. The lowest BCUT2D eigenvalue weighted by atomic mass is 9.77. The highest BCUT2D eigenvalue weighted by Crippen LogP contribution is 2.38. The van der Waals surface area contributed by atoms with Gasteiger partial charge in [-0.15, -0.1) is 0 Å². The van der Waals surface area contributed by atoms with Gasteiger partial charge in [-0.3, -0.25) is 9.69 Å². The molecule has 8 atom stereocenters. The van der Waals surface area contributed by atoms with E-state index >= 15 is 0 Å². The van der Waals surface area contributed by atoms with Gasteiger partial charge in [0, 0.05) is 57.3 Å². The topological polar surface area (TPSA) is 67.9 Å². The summed E-state index contributed by atoms with van der Waals surface area (Å²) in [4.78, 5) is 31.6. The highest BCUT2D eigenvalue weighted by molar-refractivity contribution is 5.82. The molecule has 3 amide bonds. The first-order valence-corrected chi connectivity index (χ1v) is 12.4. The molecule has 0 bridgehead atoms. The summed E-state index contributed by atoms with van der Waals surface area (Å²) in [6.45, 7) is 5.65. The number of alkyl halides is 1. The molecule has 7 nitrogen and oxygen atoms in total. The van der Waals surface area contributed by atoms with Crippen LogP contribution in [0.4, 0.5) is 9.18 Å². The van der Waals surface area contributed by atoms with Crippen LogP contribution in [0.25, 0.3) is 0 Å². The standard InChI is InChI=1S/C23H38FN5O2/c1-14-6-7-19(24)18-11-20(26-21(14)18)22(30)25-15-4-3-5-16(10-15)28-8-9-29-17(13-28)12-27(2)23(29)31/h14-21,26H,3-13H2,1-2H3,(H,25,30). The number of piperazine rings is 1. The second-order valence-electron chi connectivity index (χ2n) is 10.7. The number of rotatable bonds is 3. The van der Waals surface area contributed by atoms with Crippen LogP contribution >= 0.6 is 0 Å². The summed E-state index contributed by atoms with van der Waals surface area (Å²) in [5.41, 5.74) is 0. The number of hydrogen-bond donors (Lipinski definition) is 2. The minimum absolute atomic E-state index is 0.0119. The third-order valence-electron chi connectivity index (χ3n) is 8.73. The molecule has 0 radical (unpaired) electrons. The largest absolute Gasteiger partial charge is 0.352 e. The molecule has 3 aliphatic heterocycles. The number of carbonyl (C=O) groups excluding carboxylic acids is 2. The van der Waals surface area contributed by atoms with Crippen LogP contribution in [-0.2, 0) is 4.79 Å². The molecule has 0 aromatic carbocycles. The van der Waals surface area contributed by atoms with Gasteiger partial charge in [-0.2, -0.15) is 0 Å². The van der Waals surface area contributed by atoms with Crippen molar-refractivity contribution in [2.24, 2.45) is 11.8 Å². The minimum atomic E-state index is -0.772. The molecule has 31 heavy (non-hydrogen) atoms. The fraction of sp³-hybridized carbons (Fsp3) is 0.913. The molecule has 0 spiro atoms. The first-order chi connectivity index (χ1) is 14.9. The molecular weight excluding hydrogens is 397 g/mol. The van der Waals surface area contributed by atoms with Crippen molar-refractivity contribution in [1.29, 1.82) is 0 Å². The van der Waals surface area contributed by atoms with Crippen molar-refractivity contribution in [3.63, 3.8) is 0 Å². The van der Waals surface area contributed by atoms with E-state index in [4.69, 9.17) is 0 Å². The van der Waals surface area contributed by atoms with Crippen molar-refractivity contribution in [2.75, 3.05) is 33.2 Å². The molecule has 8 unspecified atom stereocenters. The number of urea groups is 1. The molecule has 5 aliphatic rings. The number of carbonyl (C=O) groups is 2. The van der Waals surface area contributed by atoms with Gasteiger partial charge in [0.2, 0.25) is 5.91 Å². The van der Waals surface area contributed by atoms with E-state index < -0.39 is 6.17 Å². The van der Waals surface area contributed by atoms with E-state index in [2.05, 4.69) is 22.5 Å². The number of hydrogen-bond acceptors (Lipinski definition) is 4. The second-order valence-corrected chi connectivity index (χ2v) is 10.7. The monoisotopic (exact) mass is 435 g/mol. The zero-order chi connectivity index (χ0) is 21.7. The molecule has 2 aliphatic carbocycles. The van der Waals surface area contributed by atoms with Crippen LogP contribution in [0.1, 0.15) is 51.9 Å². The zero-order valence-electron chi connectivity index (χ0n) is 18.9. The Labute approximate surface area is 185 Å². The maximum atomic E-state index is 14.4. The molecule has 0 aromatic heterocycles. The van der Waals surface area contributed by atoms with E-state index in [9.17, 15) is 14.0 Å². The second kappa shape index (κ2) is 8.50. The average Bonchev–Trinajstić information content (AvgIpc) is 3.34. The Hall–Kier alpha value is -1.41. The third-order valence-corrected chi connectivity index (χ3v) is 8.73. The lowest BCUT2D eigenvalue weighted by Gasteiger charge is -2.43. The van der Waals surface area contributed by atoms with E-state index in [0.29, 0.717) is 30.8 Å². The Morgan fingerprint density at radius 1 is 1.10 bits per heavy atom. The normalized spacial score (nSPS) is 43.6. The van der Waals surface area contributed by atoms with Crippen molar-refractivity contribution < 1.29 is 14.0 Å². The summed E-state index contributed by atoms with van der Waals surface area (Å²) in [6.07, 6.45) is 5.68. The Balaban J connectivity index is 1.14. The highest BCUT2D eigenvalue weighted by atomic mass is 19.1. The average molecular weight is 436 g/mol. The fourth-order valence-corrected chi connectivity index (χ4v) is 6.96. The summed E-state index contributed by atoms with van der Waals surface area (Å²) in [7, 11) is 1.89. The maximum Gasteiger partial charge on any atom is 0.320 e. The first kappa shape index (κ1) is 21.4. The smallest absolute Gasteiger partial charge is 0.320 e. The number of halogens is 1. The van der Waals surface area contributed by atoms with Crippen LogP contribution in [0.2, 0.25) is 0 Å². The molecular formula is C23H38FN5O2. The van der Waals surface area contributed by atoms with Crippen molar-refractivity contribution in [2.45, 2.75) is 88.3 Å². The van der Waals surface area contributed by atoms with Gasteiger partial charge in [0.15, 0.2) is 0 Å². The van der Waals surface area contributed by atoms with Crippen molar-refractivity contribution in [1.82, 2.24) is 25.3 Å². The molecule has 174 valence electrons. The van der Waals surface area contributed by atoms with Gasteiger partial charge in [0.1, 0.15) is 6.17 Å². The maximum absolute atomic E-state index is 14.4. The number of nitrogens with zero attached hydrogens (tertiary/aromatic N) is 3. The highest BCUT2D eigenvalue weighted by Gasteiger charge is 2.47. The predicted octanol–water partition coefficient (Wildman–Crippen LogP) is 1.58. The zero-order valence-corrected chi connectivity index (χ0v) is 18.9. The molecule has 8 heteroatoms. The summed E-state index contributed by atoms with van der Waals surface area (Å²) >= 11 is 0. The summed E-state index contributed by atoms with van der Waals surface area (Å²) in [5, 5.41) is 6.77. The van der Waals surface area contributed by atoms with E-state index in [0.717, 1.165) is 58.3 Å². The number of fused-ring (bicyclic) bond motifs is 2. The van der Waals surface area contributed by atoms with E-state index in [1.165, 1.54) is 0 Å². The number of amides is 3. The fourth-order valence-electron chi connectivity index (χ4n) is 6.96. The van der Waals surface area contributed by atoms with Crippen molar-refractivity contribution in [3.8, 4) is 0 Å². The quantitative estimate of drug-likeness (QED) is 0.706. The summed E-state index contributed by atoms with van der Waals surface area (Å²) in [5.74, 6) is 0.489. The van der Waals surface area contributed by atoms with Crippen LogP contribution in [-0.4, -0.2) is 96.2 Å². The predicted molar refractivity (Wildman–Crippen MR) is 116 cm³/mol. The number of nitrogens with one attached hydrogen (secondary N) is 2. The number of likely N-dealkylation sites (N-methyl/N-ethyl adjacent to an activating group) is 1. The van der Waals surface area contributed by atoms with Gasteiger partial charge in [-0.05, 0) is 50.9 Å². The SMILES string of the molecule is CC1CCC(F)C2CC(C(=O)NC3CCCC(N4CCN5C(=O)N(C)CC5C4)C3)NC12. The van der Waals surface area contributed by atoms with E-state index in [1.54, 1.807) is 0 Å². The van der Waals surface area contributed by atoms with Crippen molar-refractivity contribution >= 4 is 11.9 Å². The molecule has 0 aromatic rings. The first-order valence-electron chi connectivity index (χ1n) is 12.4. The van der Waals surface area contributed by atoms with Gasteiger partial charge in [0.25, 0.3) is 0 Å². The molecule has 3 heterocycles. The summed E-state index contributed by atoms with van der Waals surface area (Å²) < 4.78 is 14.4. The Morgan fingerprint density at radius 2 is 1.94 bits per heavy atom. The van der Waals surface area contributed by atoms with Crippen LogP contribution in [0.3, 0.4) is 0 Å². The lowest BCUT2D eigenvalue weighted by Crippen LogP contribution is -2.57. The van der Waals surface area contributed by atoms with Gasteiger partial charge >= 0.3 is 6.03 Å². The Bertz CT molecular complexity index is 689. The third kappa shape index (κ3) is 4.06. The molecule has 5 rings (SSSR count). The molecule has 3 saturated heterocycles. The van der Waals surface area contributed by atoms with Crippen LogP contribution in [0.15, 0.2) is 0 Å². The Kier molecular flexibility index (Phi) is 5.88. The van der Waals surface area contributed by atoms with Crippen LogP contribution in [0.5, 0.6) is 0 Å². The van der Waals surface area contributed by atoms with E-state index in [-0.39, 0.29) is 36.0 Å². The minimum Gasteiger partial charge on any atom is -0.352 e.